The minimum Gasteiger partial charge on any atom is -0.448 e. The molecule has 0 aromatic heterocycles. The number of alkyl halides is 1. The van der Waals surface area contributed by atoms with E-state index in [2.05, 4.69) is 31.8 Å². The molecule has 132 valence electrons. The zero-order valence-electron chi connectivity index (χ0n) is 14.9. The van der Waals surface area contributed by atoms with Gasteiger partial charge in [-0.15, -0.1) is 0 Å². The number of cyclic esters (lactones) is 1. The highest BCUT2D eigenvalue weighted by Gasteiger charge is 2.37. The summed E-state index contributed by atoms with van der Waals surface area (Å²) in [6.45, 7) is 7.55. The van der Waals surface area contributed by atoms with Crippen LogP contribution >= 0.6 is 0 Å². The van der Waals surface area contributed by atoms with Crippen molar-refractivity contribution in [2.75, 3.05) is 13.2 Å². The Labute approximate surface area is 149 Å². The number of ether oxygens (including phenoxy) is 1. The summed E-state index contributed by atoms with van der Waals surface area (Å²) in [5, 5.41) is 1.31. The number of hydrogen-bond donors (Lipinski definition) is 0. The van der Waals surface area contributed by atoms with Crippen LogP contribution in [-0.4, -0.2) is 32.2 Å². The lowest BCUT2D eigenvalue weighted by atomic mass is 9.95. The highest BCUT2D eigenvalue weighted by molar-refractivity contribution is 6.88. The van der Waals surface area contributed by atoms with Gasteiger partial charge in [0, 0.05) is 0 Å². The number of halogens is 1. The van der Waals surface area contributed by atoms with Crippen LogP contribution in [0.5, 0.6) is 0 Å². The number of rotatable bonds is 5. The van der Waals surface area contributed by atoms with Gasteiger partial charge in [0.05, 0.1) is 20.7 Å². The normalized spacial score (nSPS) is 17.3. The smallest absolute Gasteiger partial charge is 0.410 e. The van der Waals surface area contributed by atoms with Gasteiger partial charge in [0.2, 0.25) is 0 Å². The molecular formula is C20H24FNO2Si. The van der Waals surface area contributed by atoms with Crippen molar-refractivity contribution in [2.24, 2.45) is 0 Å². The lowest BCUT2D eigenvalue weighted by Gasteiger charge is -2.30. The number of carbonyl (C=O) groups excluding carboxylic acids is 1. The van der Waals surface area contributed by atoms with Crippen molar-refractivity contribution in [3.8, 4) is 0 Å². The second-order valence-corrected chi connectivity index (χ2v) is 12.5. The van der Waals surface area contributed by atoms with Gasteiger partial charge in [-0.05, 0) is 11.1 Å². The number of amides is 1. The molecule has 25 heavy (non-hydrogen) atoms. The molecule has 1 amide bonds. The minimum atomic E-state index is -1.43. The molecule has 1 heterocycles. The molecule has 2 aromatic carbocycles. The van der Waals surface area contributed by atoms with E-state index in [-0.39, 0.29) is 0 Å². The Morgan fingerprint density at radius 3 is 2.16 bits per heavy atom. The van der Waals surface area contributed by atoms with E-state index in [9.17, 15) is 4.79 Å². The van der Waals surface area contributed by atoms with Crippen molar-refractivity contribution >= 4 is 19.4 Å². The van der Waals surface area contributed by atoms with E-state index in [1.54, 1.807) is 12.1 Å². The molecule has 0 N–H and O–H groups in total. The first-order valence-electron chi connectivity index (χ1n) is 8.61. The molecule has 1 saturated heterocycles. The molecular weight excluding hydrogens is 333 g/mol. The third-order valence-corrected chi connectivity index (χ3v) is 6.71. The Bertz CT molecular complexity index is 728. The van der Waals surface area contributed by atoms with E-state index in [0.29, 0.717) is 18.7 Å². The molecule has 0 aliphatic carbocycles. The van der Waals surface area contributed by atoms with Gasteiger partial charge in [-0.2, -0.15) is 0 Å². The van der Waals surface area contributed by atoms with Crippen molar-refractivity contribution in [1.82, 2.24) is 4.90 Å². The molecule has 5 heteroatoms. The van der Waals surface area contributed by atoms with Gasteiger partial charge in [0.1, 0.15) is 12.8 Å². The van der Waals surface area contributed by atoms with Crippen LogP contribution in [-0.2, 0) is 4.74 Å². The van der Waals surface area contributed by atoms with E-state index in [4.69, 9.17) is 4.74 Å². The Morgan fingerprint density at radius 2 is 1.64 bits per heavy atom. The molecule has 0 spiro atoms. The molecule has 0 bridgehead atoms. The topological polar surface area (TPSA) is 29.5 Å². The van der Waals surface area contributed by atoms with Gasteiger partial charge >= 0.3 is 6.09 Å². The average molecular weight is 358 g/mol. The lowest BCUT2D eigenvalue weighted by Crippen LogP contribution is -2.38. The van der Waals surface area contributed by atoms with Crippen LogP contribution in [0.2, 0.25) is 19.6 Å². The quantitative estimate of drug-likeness (QED) is 0.741. The fourth-order valence-electron chi connectivity index (χ4n) is 3.16. The molecule has 0 saturated carbocycles. The summed E-state index contributed by atoms with van der Waals surface area (Å²) in [5.41, 5.74) is 1.37. The molecule has 3 rings (SSSR count). The summed E-state index contributed by atoms with van der Waals surface area (Å²) in [4.78, 5) is 13.6. The molecule has 2 atom stereocenters. The summed E-state index contributed by atoms with van der Waals surface area (Å²) in [7, 11) is -1.43. The number of hydrogen-bond acceptors (Lipinski definition) is 2. The third kappa shape index (κ3) is 3.76. The van der Waals surface area contributed by atoms with Gasteiger partial charge in [-0.25, -0.2) is 9.18 Å². The van der Waals surface area contributed by atoms with Gasteiger partial charge in [0.15, 0.2) is 0 Å². The largest absolute Gasteiger partial charge is 0.448 e. The average Bonchev–Trinajstić information content (AvgIpc) is 3.01. The molecule has 0 radical (unpaired) electrons. The number of benzene rings is 2. The summed E-state index contributed by atoms with van der Waals surface area (Å²) in [6.07, 6.45) is -1.75. The summed E-state index contributed by atoms with van der Waals surface area (Å²) in [5.74, 6) is 0. The first-order valence-corrected chi connectivity index (χ1v) is 12.1. The second-order valence-electron chi connectivity index (χ2n) is 7.44. The zero-order valence-corrected chi connectivity index (χ0v) is 15.9. The first-order chi connectivity index (χ1) is 11.9. The fraction of sp³-hybridized carbons (Fsp3) is 0.350. The predicted octanol–water partition coefficient (Wildman–Crippen LogP) is 4.44. The number of carbonyl (C=O) groups is 1. The standard InChI is InChI=1S/C20H24FNO2Si/c1-25(2,3)17-11-9-16(10-12-17)19(22-13-14-24-20(22)23)18(21)15-7-5-4-6-8-15/h4-12,18-19H,13-14H2,1-3H3/t18-,19+/m0/s1. The van der Waals surface area contributed by atoms with Gasteiger partial charge in [-0.1, -0.05) is 79.4 Å². The van der Waals surface area contributed by atoms with E-state index in [1.165, 1.54) is 10.1 Å². The fourth-order valence-corrected chi connectivity index (χ4v) is 4.33. The molecule has 0 unspecified atom stereocenters. The second kappa shape index (κ2) is 7.00. The number of nitrogens with zero attached hydrogens (tertiary/aromatic N) is 1. The SMILES string of the molecule is C[Si](C)(C)c1ccc([C@H]([C@@H](F)c2ccccc2)N2CCOC2=O)cc1. The van der Waals surface area contributed by atoms with Crippen molar-refractivity contribution in [2.45, 2.75) is 31.9 Å². The van der Waals surface area contributed by atoms with Crippen molar-refractivity contribution in [3.63, 3.8) is 0 Å². The van der Waals surface area contributed by atoms with Gasteiger partial charge < -0.3 is 4.74 Å². The summed E-state index contributed by atoms with van der Waals surface area (Å²) < 4.78 is 20.5. The summed E-state index contributed by atoms with van der Waals surface area (Å²) in [6, 6.07) is 16.4. The first kappa shape index (κ1) is 17.7. The maximum Gasteiger partial charge on any atom is 0.410 e. The highest BCUT2D eigenvalue weighted by Crippen LogP contribution is 2.38. The van der Waals surface area contributed by atoms with E-state index in [1.807, 2.05) is 30.3 Å². The zero-order chi connectivity index (χ0) is 18.0. The molecule has 1 aliphatic rings. The van der Waals surface area contributed by atoms with Crippen molar-refractivity contribution < 1.29 is 13.9 Å². The Kier molecular flexibility index (Phi) is 4.95. The van der Waals surface area contributed by atoms with E-state index < -0.39 is 26.4 Å². The van der Waals surface area contributed by atoms with Gasteiger partial charge in [-0.3, -0.25) is 4.90 Å². The van der Waals surface area contributed by atoms with Crippen LogP contribution < -0.4 is 5.19 Å². The maximum absolute atomic E-state index is 15.4. The Hall–Kier alpha value is -2.14. The Morgan fingerprint density at radius 1 is 1.00 bits per heavy atom. The predicted molar refractivity (Wildman–Crippen MR) is 101 cm³/mol. The van der Waals surface area contributed by atoms with Crippen molar-refractivity contribution in [3.05, 3.63) is 65.7 Å². The van der Waals surface area contributed by atoms with E-state index >= 15 is 4.39 Å². The monoisotopic (exact) mass is 357 g/mol. The molecule has 2 aromatic rings. The molecule has 1 fully saturated rings. The van der Waals surface area contributed by atoms with Gasteiger partial charge in [0.25, 0.3) is 0 Å². The van der Waals surface area contributed by atoms with Crippen LogP contribution in [0.1, 0.15) is 23.3 Å². The minimum absolute atomic E-state index is 0.309. The van der Waals surface area contributed by atoms with Crippen molar-refractivity contribution in [1.29, 1.82) is 0 Å². The summed E-state index contributed by atoms with van der Waals surface area (Å²) >= 11 is 0. The van der Waals surface area contributed by atoms with Crippen LogP contribution in [0.15, 0.2) is 54.6 Å². The third-order valence-electron chi connectivity index (χ3n) is 4.64. The molecule has 3 nitrogen and oxygen atoms in total. The van der Waals surface area contributed by atoms with Crippen LogP contribution in [0.4, 0.5) is 9.18 Å². The van der Waals surface area contributed by atoms with Crippen LogP contribution in [0.25, 0.3) is 0 Å². The maximum atomic E-state index is 15.4. The highest BCUT2D eigenvalue weighted by atomic mass is 28.3. The Balaban J connectivity index is 1.98. The molecule has 1 aliphatic heterocycles. The van der Waals surface area contributed by atoms with E-state index in [0.717, 1.165) is 5.56 Å². The van der Waals surface area contributed by atoms with Crippen LogP contribution in [0.3, 0.4) is 0 Å². The van der Waals surface area contributed by atoms with Crippen LogP contribution in [0, 0.1) is 0 Å². The lowest BCUT2D eigenvalue weighted by molar-refractivity contribution is 0.119.